The summed E-state index contributed by atoms with van der Waals surface area (Å²) in [7, 11) is 0. The van der Waals surface area contributed by atoms with Crippen molar-refractivity contribution < 1.29 is 9.47 Å². The van der Waals surface area contributed by atoms with E-state index in [1.54, 1.807) is 5.57 Å². The van der Waals surface area contributed by atoms with Crippen LogP contribution in [0, 0.1) is 17.8 Å². The fraction of sp³-hybridized carbons (Fsp3) is 0.895. The molecule has 0 spiro atoms. The van der Waals surface area contributed by atoms with E-state index in [-0.39, 0.29) is 0 Å². The van der Waals surface area contributed by atoms with E-state index in [1.807, 2.05) is 0 Å². The van der Waals surface area contributed by atoms with Crippen molar-refractivity contribution in [2.24, 2.45) is 17.8 Å². The smallest absolute Gasteiger partial charge is 0.0594 e. The molecule has 4 atom stereocenters. The van der Waals surface area contributed by atoms with Crippen LogP contribution in [-0.2, 0) is 9.47 Å². The first kappa shape index (κ1) is 17.4. The normalized spacial score (nSPS) is 34.3. The van der Waals surface area contributed by atoms with Crippen LogP contribution < -0.4 is 5.32 Å². The first-order valence-corrected chi connectivity index (χ1v) is 9.52. The second-order valence-electron chi connectivity index (χ2n) is 7.61. The van der Waals surface area contributed by atoms with Gasteiger partial charge in [0, 0.05) is 44.7 Å². The second kappa shape index (κ2) is 8.61. The molecule has 1 N–H and O–H groups in total. The van der Waals surface area contributed by atoms with Gasteiger partial charge in [0.25, 0.3) is 0 Å². The van der Waals surface area contributed by atoms with E-state index < -0.39 is 0 Å². The van der Waals surface area contributed by atoms with E-state index in [1.165, 1.54) is 19.3 Å². The lowest BCUT2D eigenvalue weighted by molar-refractivity contribution is 0.00123. The van der Waals surface area contributed by atoms with Crippen LogP contribution in [0.1, 0.15) is 33.1 Å². The molecule has 0 amide bonds. The molecule has 0 aromatic carbocycles. The van der Waals surface area contributed by atoms with Crippen LogP contribution in [0.3, 0.4) is 0 Å². The Labute approximate surface area is 141 Å². The number of nitrogens with zero attached hydrogens (tertiary/aromatic N) is 1. The average molecular weight is 322 g/mol. The first-order valence-electron chi connectivity index (χ1n) is 9.52. The number of morpholine rings is 1. The fourth-order valence-electron chi connectivity index (χ4n) is 4.48. The molecule has 4 unspecified atom stereocenters. The molecule has 23 heavy (non-hydrogen) atoms. The van der Waals surface area contributed by atoms with Crippen molar-refractivity contribution in [1.29, 1.82) is 0 Å². The highest BCUT2D eigenvalue weighted by atomic mass is 16.5. The lowest BCUT2D eigenvalue weighted by atomic mass is 9.80. The summed E-state index contributed by atoms with van der Waals surface area (Å²) < 4.78 is 11.2. The lowest BCUT2D eigenvalue weighted by Crippen LogP contribution is -2.52. The van der Waals surface area contributed by atoms with Gasteiger partial charge in [-0.05, 0) is 38.0 Å². The molecule has 1 aliphatic carbocycles. The van der Waals surface area contributed by atoms with Gasteiger partial charge in [0.1, 0.15) is 0 Å². The van der Waals surface area contributed by atoms with Gasteiger partial charge in [-0.1, -0.05) is 18.6 Å². The molecule has 0 radical (unpaired) electrons. The van der Waals surface area contributed by atoms with Crippen LogP contribution >= 0.6 is 0 Å². The maximum Gasteiger partial charge on any atom is 0.0594 e. The number of allylic oxidation sites excluding steroid dienone is 1. The van der Waals surface area contributed by atoms with Gasteiger partial charge < -0.3 is 14.8 Å². The summed E-state index contributed by atoms with van der Waals surface area (Å²) in [5, 5.41) is 3.81. The highest BCUT2D eigenvalue weighted by molar-refractivity contribution is 5.09. The van der Waals surface area contributed by atoms with Gasteiger partial charge in [-0.2, -0.15) is 0 Å². The molecule has 0 aromatic heterocycles. The van der Waals surface area contributed by atoms with Crippen molar-refractivity contribution in [1.82, 2.24) is 10.2 Å². The van der Waals surface area contributed by atoms with Crippen molar-refractivity contribution >= 4 is 0 Å². The van der Waals surface area contributed by atoms with Gasteiger partial charge in [-0.3, -0.25) is 4.90 Å². The average Bonchev–Trinajstić information content (AvgIpc) is 3.09. The van der Waals surface area contributed by atoms with E-state index in [0.29, 0.717) is 17.9 Å². The molecule has 2 aliphatic heterocycles. The third-order valence-electron chi connectivity index (χ3n) is 6.10. The number of hydrogen-bond donors (Lipinski definition) is 1. The Morgan fingerprint density at radius 3 is 2.74 bits per heavy atom. The zero-order chi connectivity index (χ0) is 16.1. The number of ether oxygens (including phenoxy) is 2. The molecule has 2 fully saturated rings. The minimum atomic E-state index is 0.601. The maximum absolute atomic E-state index is 5.66. The van der Waals surface area contributed by atoms with E-state index in [2.05, 4.69) is 30.1 Å². The molecule has 0 saturated carbocycles. The number of nitrogens with one attached hydrogen (secondary N) is 1. The van der Waals surface area contributed by atoms with Gasteiger partial charge in [0.2, 0.25) is 0 Å². The Kier molecular flexibility index (Phi) is 6.52. The van der Waals surface area contributed by atoms with E-state index in [9.17, 15) is 0 Å². The summed E-state index contributed by atoms with van der Waals surface area (Å²) in [6, 6.07) is 0.601. The van der Waals surface area contributed by atoms with E-state index in [0.717, 1.165) is 58.5 Å². The molecule has 0 bridgehead atoms. The largest absolute Gasteiger partial charge is 0.381 e. The summed E-state index contributed by atoms with van der Waals surface area (Å²) in [5.41, 5.74) is 1.59. The minimum absolute atomic E-state index is 0.601. The Morgan fingerprint density at radius 1 is 1.22 bits per heavy atom. The van der Waals surface area contributed by atoms with Gasteiger partial charge in [-0.25, -0.2) is 0 Å². The molecule has 3 aliphatic rings. The Bertz CT molecular complexity index is 387. The summed E-state index contributed by atoms with van der Waals surface area (Å²) >= 11 is 0. The van der Waals surface area contributed by atoms with Crippen molar-refractivity contribution in [2.75, 3.05) is 52.6 Å². The predicted octanol–water partition coefficient (Wildman–Crippen LogP) is 2.31. The highest BCUT2D eigenvalue weighted by Crippen LogP contribution is 2.29. The monoisotopic (exact) mass is 322 g/mol. The van der Waals surface area contributed by atoms with Gasteiger partial charge in [0.15, 0.2) is 0 Å². The van der Waals surface area contributed by atoms with Crippen LogP contribution in [0.2, 0.25) is 0 Å². The fourth-order valence-corrected chi connectivity index (χ4v) is 4.48. The van der Waals surface area contributed by atoms with Gasteiger partial charge in [-0.15, -0.1) is 0 Å². The molecule has 132 valence electrons. The Morgan fingerprint density at radius 2 is 2.04 bits per heavy atom. The van der Waals surface area contributed by atoms with Crippen LogP contribution in [0.15, 0.2) is 11.6 Å². The quantitative estimate of drug-likeness (QED) is 0.761. The summed E-state index contributed by atoms with van der Waals surface area (Å²) in [4.78, 5) is 2.63. The summed E-state index contributed by atoms with van der Waals surface area (Å²) in [5.74, 6) is 2.21. The molecule has 4 heteroatoms. The van der Waals surface area contributed by atoms with Crippen molar-refractivity contribution in [3.8, 4) is 0 Å². The number of rotatable bonds is 6. The third kappa shape index (κ3) is 4.56. The van der Waals surface area contributed by atoms with Crippen LogP contribution in [0.25, 0.3) is 0 Å². The molecule has 2 heterocycles. The van der Waals surface area contributed by atoms with E-state index in [4.69, 9.17) is 9.47 Å². The minimum Gasteiger partial charge on any atom is -0.381 e. The topological polar surface area (TPSA) is 33.7 Å². The Balaban J connectivity index is 1.53. The summed E-state index contributed by atoms with van der Waals surface area (Å²) in [6.07, 6.45) is 6.26. The Hall–Kier alpha value is -0.420. The van der Waals surface area contributed by atoms with Crippen LogP contribution in [-0.4, -0.2) is 63.5 Å². The zero-order valence-corrected chi connectivity index (χ0v) is 14.9. The molecule has 4 nitrogen and oxygen atoms in total. The highest BCUT2D eigenvalue weighted by Gasteiger charge is 2.31. The van der Waals surface area contributed by atoms with Crippen molar-refractivity contribution in [3.05, 3.63) is 11.6 Å². The SMILES string of the molecule is CC1=CCCC(C)C1CNCC(C1CCOC1)N1CCOCC1. The molecule has 3 rings (SSSR count). The lowest BCUT2D eigenvalue weighted by Gasteiger charge is -2.38. The molecule has 2 saturated heterocycles. The predicted molar refractivity (Wildman–Crippen MR) is 93.6 cm³/mol. The van der Waals surface area contributed by atoms with Gasteiger partial charge >= 0.3 is 0 Å². The summed E-state index contributed by atoms with van der Waals surface area (Å²) in [6.45, 7) is 12.7. The van der Waals surface area contributed by atoms with Crippen LogP contribution in [0.4, 0.5) is 0 Å². The maximum atomic E-state index is 5.66. The number of hydrogen-bond acceptors (Lipinski definition) is 4. The molecular weight excluding hydrogens is 288 g/mol. The van der Waals surface area contributed by atoms with E-state index >= 15 is 0 Å². The van der Waals surface area contributed by atoms with Crippen LogP contribution in [0.5, 0.6) is 0 Å². The first-order chi connectivity index (χ1) is 11.3. The second-order valence-corrected chi connectivity index (χ2v) is 7.61. The molecular formula is C19H34N2O2. The molecule has 0 aromatic rings. The standard InChI is InChI=1S/C19H34N2O2/c1-15-4-3-5-16(2)18(15)12-20-13-19(17-6-9-23-14-17)21-7-10-22-11-8-21/h4,16-20H,3,5-14H2,1-2H3. The third-order valence-corrected chi connectivity index (χ3v) is 6.10. The van der Waals surface area contributed by atoms with Crippen molar-refractivity contribution in [2.45, 2.75) is 39.2 Å². The van der Waals surface area contributed by atoms with Crippen molar-refractivity contribution in [3.63, 3.8) is 0 Å². The van der Waals surface area contributed by atoms with Gasteiger partial charge in [0.05, 0.1) is 19.8 Å². The zero-order valence-electron chi connectivity index (χ0n) is 14.9.